The number of amides is 2. The molecule has 2 atom stereocenters. The third kappa shape index (κ3) is 2.71. The van der Waals surface area contributed by atoms with Crippen molar-refractivity contribution in [2.45, 2.75) is 50.4 Å². The smallest absolute Gasteiger partial charge is 0.317 e. The van der Waals surface area contributed by atoms with Crippen molar-refractivity contribution in [2.24, 2.45) is 11.0 Å². The summed E-state index contributed by atoms with van der Waals surface area (Å²) in [5.74, 6) is 0. The van der Waals surface area contributed by atoms with Gasteiger partial charge in [-0.05, 0) is 19.8 Å². The molecule has 0 aromatic carbocycles. The molecule has 2 N–H and O–H groups in total. The van der Waals surface area contributed by atoms with Gasteiger partial charge in [0.2, 0.25) is 0 Å². The molecule has 1 aliphatic rings. The predicted molar refractivity (Wildman–Crippen MR) is 62.7 cm³/mol. The van der Waals surface area contributed by atoms with Gasteiger partial charge in [-0.1, -0.05) is 15.9 Å². The van der Waals surface area contributed by atoms with Gasteiger partial charge in [0.05, 0.1) is 5.38 Å². The van der Waals surface area contributed by atoms with E-state index < -0.39 is 10.6 Å². The van der Waals surface area contributed by atoms with Crippen molar-refractivity contribution >= 4 is 17.6 Å². The van der Waals surface area contributed by atoms with Gasteiger partial charge >= 0.3 is 6.03 Å². The first-order valence-corrected chi connectivity index (χ1v) is 6.13. The number of primary amides is 1. The summed E-state index contributed by atoms with van der Waals surface area (Å²) in [5, 5.41) is 2.71. The summed E-state index contributed by atoms with van der Waals surface area (Å²) in [5.41, 5.74) is 5.34. The van der Waals surface area contributed by atoms with E-state index in [9.17, 15) is 9.70 Å². The van der Waals surface area contributed by atoms with E-state index in [-0.39, 0.29) is 18.0 Å². The molecule has 0 aliphatic heterocycles. The molecule has 0 saturated heterocycles. The minimum Gasteiger partial charge on any atom is -0.317 e. The second-order valence-electron chi connectivity index (χ2n) is 4.50. The highest BCUT2D eigenvalue weighted by molar-refractivity contribution is 6.20. The summed E-state index contributed by atoms with van der Waals surface area (Å²) in [6.45, 7) is 1.93. The number of halogens is 1. The summed E-state index contributed by atoms with van der Waals surface area (Å²) in [6, 6.07) is -0.778. The van der Waals surface area contributed by atoms with E-state index in [1.807, 2.05) is 0 Å². The Bertz CT molecular complexity index is 267. The van der Waals surface area contributed by atoms with E-state index >= 15 is 0 Å². The van der Waals surface area contributed by atoms with E-state index in [0.29, 0.717) is 0 Å². The maximum absolute atomic E-state index is 11.5. The van der Waals surface area contributed by atoms with Gasteiger partial charge in [-0.2, -0.15) is 0 Å². The largest absolute Gasteiger partial charge is 0.443 e. The molecular formula is C10H19ClN3O2+. The first-order chi connectivity index (χ1) is 7.53. The van der Waals surface area contributed by atoms with Crippen molar-refractivity contribution in [2.75, 3.05) is 6.54 Å². The highest BCUT2D eigenvalue weighted by atomic mass is 35.5. The fourth-order valence-corrected chi connectivity index (χ4v) is 2.66. The molecule has 6 heteroatoms. The van der Waals surface area contributed by atoms with Crippen LogP contribution in [0, 0.1) is 4.91 Å². The SMILES string of the molecule is CC(Cl)C[N+](N=O)(C(N)=O)C1CCCCC1. The Morgan fingerprint density at radius 3 is 2.44 bits per heavy atom. The molecule has 1 fully saturated rings. The van der Waals surface area contributed by atoms with Crippen molar-refractivity contribution in [1.82, 2.24) is 0 Å². The Balaban J connectivity index is 2.90. The van der Waals surface area contributed by atoms with Crippen LogP contribution in [-0.4, -0.2) is 28.6 Å². The zero-order valence-corrected chi connectivity index (χ0v) is 10.3. The Hall–Kier alpha value is -0.680. The normalized spacial score (nSPS) is 23.4. The lowest BCUT2D eigenvalue weighted by molar-refractivity contribution is -0.884. The van der Waals surface area contributed by atoms with Crippen molar-refractivity contribution in [3.8, 4) is 0 Å². The number of rotatable bonds is 4. The van der Waals surface area contributed by atoms with Gasteiger partial charge in [-0.25, -0.2) is 4.79 Å². The average Bonchev–Trinajstić information content (AvgIpc) is 2.26. The van der Waals surface area contributed by atoms with Crippen molar-refractivity contribution in [3.05, 3.63) is 4.91 Å². The maximum Gasteiger partial charge on any atom is 0.443 e. The van der Waals surface area contributed by atoms with Crippen LogP contribution in [0.1, 0.15) is 39.0 Å². The lowest BCUT2D eigenvalue weighted by atomic mass is 9.93. The van der Waals surface area contributed by atoms with E-state index in [2.05, 4.69) is 5.29 Å². The standard InChI is InChI=1S/C10H18ClN3O2/c1-8(11)7-14(13-16,10(12)15)9-5-3-2-4-6-9/h8-9H,2-7H2,1H3,(H-,12,15)/p+1. The number of urea groups is 1. The molecule has 0 radical (unpaired) electrons. The van der Waals surface area contributed by atoms with E-state index in [0.717, 1.165) is 32.1 Å². The summed E-state index contributed by atoms with van der Waals surface area (Å²) >= 11 is 5.88. The lowest BCUT2D eigenvalue weighted by Crippen LogP contribution is -2.60. The van der Waals surface area contributed by atoms with Gasteiger partial charge in [0.25, 0.3) is 0 Å². The second kappa shape index (κ2) is 5.59. The molecule has 92 valence electrons. The van der Waals surface area contributed by atoms with Crippen LogP contribution >= 0.6 is 11.6 Å². The Kier molecular flexibility index (Phi) is 4.68. The van der Waals surface area contributed by atoms with Crippen molar-refractivity contribution in [3.63, 3.8) is 0 Å². The molecule has 0 aromatic rings. The topological polar surface area (TPSA) is 72.5 Å². The highest BCUT2D eigenvalue weighted by Gasteiger charge is 2.47. The minimum atomic E-state index is -0.686. The molecule has 2 unspecified atom stereocenters. The van der Waals surface area contributed by atoms with Crippen LogP contribution in [0.5, 0.6) is 0 Å². The number of nitrogens with two attached hydrogens (primary N) is 1. The first kappa shape index (κ1) is 13.4. The molecule has 5 nitrogen and oxygen atoms in total. The zero-order chi connectivity index (χ0) is 12.2. The van der Waals surface area contributed by atoms with Gasteiger partial charge in [0.1, 0.15) is 12.6 Å². The molecule has 1 aliphatic carbocycles. The van der Waals surface area contributed by atoms with Gasteiger partial charge < -0.3 is 5.73 Å². The third-order valence-corrected chi connectivity index (χ3v) is 3.37. The highest BCUT2D eigenvalue weighted by Crippen LogP contribution is 2.30. The number of nitrogens with zero attached hydrogens (tertiary/aromatic N) is 2. The zero-order valence-electron chi connectivity index (χ0n) is 9.56. The van der Waals surface area contributed by atoms with E-state index in [4.69, 9.17) is 17.3 Å². The Morgan fingerprint density at radius 1 is 1.50 bits per heavy atom. The van der Waals surface area contributed by atoms with Crippen LogP contribution in [0.3, 0.4) is 0 Å². The fourth-order valence-electron chi connectivity index (χ4n) is 2.45. The number of hydrogen-bond acceptors (Lipinski definition) is 3. The van der Waals surface area contributed by atoms with Crippen molar-refractivity contribution in [1.29, 1.82) is 0 Å². The number of alkyl halides is 1. The molecule has 0 bridgehead atoms. The van der Waals surface area contributed by atoms with Gasteiger partial charge in [0, 0.05) is 12.8 Å². The molecule has 16 heavy (non-hydrogen) atoms. The summed E-state index contributed by atoms with van der Waals surface area (Å²) in [6.07, 6.45) is 4.81. The number of carbonyl (C=O) groups is 1. The fraction of sp³-hybridized carbons (Fsp3) is 0.900. The number of quaternary nitrogens is 1. The first-order valence-electron chi connectivity index (χ1n) is 5.69. The number of nitroso groups, excluding NO2 is 1. The molecule has 2 amide bonds. The third-order valence-electron chi connectivity index (χ3n) is 3.24. The van der Waals surface area contributed by atoms with Gasteiger partial charge in [0.15, 0.2) is 5.29 Å². The lowest BCUT2D eigenvalue weighted by Gasteiger charge is -2.34. The van der Waals surface area contributed by atoms with Crippen LogP contribution in [0.15, 0.2) is 5.29 Å². The van der Waals surface area contributed by atoms with Gasteiger partial charge in [-0.15, -0.1) is 11.6 Å². The molecule has 1 saturated carbocycles. The summed E-state index contributed by atoms with van der Waals surface area (Å²) < 4.78 is -0.551. The quantitative estimate of drug-likeness (QED) is 0.359. The summed E-state index contributed by atoms with van der Waals surface area (Å²) in [7, 11) is 0. The second-order valence-corrected chi connectivity index (χ2v) is 5.25. The molecule has 1 rings (SSSR count). The predicted octanol–water partition coefficient (Wildman–Crippen LogP) is 2.52. The minimum absolute atomic E-state index is 0.0926. The van der Waals surface area contributed by atoms with Crippen LogP contribution < -0.4 is 5.73 Å². The molecular weight excluding hydrogens is 230 g/mol. The number of hydrogen-bond donors (Lipinski definition) is 1. The maximum atomic E-state index is 11.5. The van der Waals surface area contributed by atoms with Crippen LogP contribution in [-0.2, 0) is 0 Å². The molecule has 0 aromatic heterocycles. The number of carbonyl (C=O) groups excluding carboxylic acids is 1. The van der Waals surface area contributed by atoms with Crippen LogP contribution in [0.4, 0.5) is 4.79 Å². The molecule has 0 heterocycles. The van der Waals surface area contributed by atoms with Crippen molar-refractivity contribution < 1.29 is 9.39 Å². The monoisotopic (exact) mass is 248 g/mol. The van der Waals surface area contributed by atoms with Gasteiger partial charge in [-0.3, -0.25) is 0 Å². The Labute approximate surface area is 100 Å². The summed E-state index contributed by atoms with van der Waals surface area (Å²) in [4.78, 5) is 22.6. The van der Waals surface area contributed by atoms with Crippen LogP contribution in [0.25, 0.3) is 0 Å². The molecule has 0 spiro atoms. The Morgan fingerprint density at radius 2 is 2.06 bits per heavy atom. The van der Waals surface area contributed by atoms with E-state index in [1.165, 1.54) is 0 Å². The average molecular weight is 249 g/mol. The van der Waals surface area contributed by atoms with Crippen LogP contribution in [0.2, 0.25) is 0 Å². The van der Waals surface area contributed by atoms with E-state index in [1.54, 1.807) is 6.92 Å².